The molecular formula is C22H18F3N5O4S. The number of ether oxygens (including phenoxy) is 1. The largest absolute Gasteiger partial charge is 0.459 e. The van der Waals surface area contributed by atoms with Crippen LogP contribution < -0.4 is 14.8 Å². The molecule has 0 aliphatic heterocycles. The number of hydrogen-bond donors (Lipinski definition) is 2. The number of benzene rings is 2. The van der Waals surface area contributed by atoms with Gasteiger partial charge in [0.25, 0.3) is 10.0 Å². The maximum absolute atomic E-state index is 12.7. The van der Waals surface area contributed by atoms with Gasteiger partial charge in [0.1, 0.15) is 18.2 Å². The van der Waals surface area contributed by atoms with Crippen molar-refractivity contribution >= 4 is 27.3 Å². The molecule has 0 unspecified atom stereocenters. The Kier molecular flexibility index (Phi) is 6.60. The highest BCUT2D eigenvalue weighted by Crippen LogP contribution is 2.29. The van der Waals surface area contributed by atoms with Crippen LogP contribution in [-0.4, -0.2) is 23.5 Å². The summed E-state index contributed by atoms with van der Waals surface area (Å²) in [6.45, 7) is 1.62. The summed E-state index contributed by atoms with van der Waals surface area (Å²) in [4.78, 5) is 8.20. The Labute approximate surface area is 198 Å². The molecule has 0 spiro atoms. The van der Waals surface area contributed by atoms with Gasteiger partial charge in [-0.2, -0.15) is 18.2 Å². The van der Waals surface area contributed by atoms with Crippen molar-refractivity contribution in [3.63, 3.8) is 0 Å². The number of hydrogen-bond acceptors (Lipinski definition) is 8. The van der Waals surface area contributed by atoms with E-state index in [4.69, 9.17) is 9.26 Å². The van der Waals surface area contributed by atoms with E-state index in [0.717, 1.165) is 12.1 Å². The van der Waals surface area contributed by atoms with Crippen LogP contribution in [0.5, 0.6) is 6.01 Å². The maximum atomic E-state index is 12.7. The number of nitrogens with one attached hydrogen (secondary N) is 2. The molecule has 0 atom stereocenters. The van der Waals surface area contributed by atoms with Gasteiger partial charge < -0.3 is 14.6 Å². The van der Waals surface area contributed by atoms with Crippen LogP contribution >= 0.6 is 0 Å². The molecular weight excluding hydrogens is 487 g/mol. The number of sulfonamides is 1. The first-order chi connectivity index (χ1) is 16.6. The van der Waals surface area contributed by atoms with E-state index in [-0.39, 0.29) is 23.3 Å². The first kappa shape index (κ1) is 24.0. The van der Waals surface area contributed by atoms with Crippen molar-refractivity contribution in [3.8, 4) is 6.01 Å². The highest BCUT2D eigenvalue weighted by molar-refractivity contribution is 7.92. The van der Waals surface area contributed by atoms with Gasteiger partial charge in [-0.3, -0.25) is 4.72 Å². The van der Waals surface area contributed by atoms with Gasteiger partial charge >= 0.3 is 12.2 Å². The number of alkyl halides is 3. The Bertz CT molecular complexity index is 1410. The lowest BCUT2D eigenvalue weighted by Crippen LogP contribution is -2.13. The average molecular weight is 505 g/mol. The lowest BCUT2D eigenvalue weighted by atomic mass is 10.1. The van der Waals surface area contributed by atoms with E-state index in [1.54, 1.807) is 25.1 Å². The average Bonchev–Trinajstić information content (AvgIpc) is 3.22. The molecule has 0 radical (unpaired) electrons. The summed E-state index contributed by atoms with van der Waals surface area (Å²) in [6.07, 6.45) is -2.96. The normalized spacial score (nSPS) is 11.8. The second-order valence-electron chi connectivity index (χ2n) is 7.29. The van der Waals surface area contributed by atoms with Crippen molar-refractivity contribution in [3.05, 3.63) is 83.7 Å². The van der Waals surface area contributed by atoms with Crippen LogP contribution in [0.25, 0.3) is 0 Å². The van der Waals surface area contributed by atoms with Gasteiger partial charge in [0.05, 0.1) is 10.5 Å². The number of anilines is 3. The third kappa shape index (κ3) is 6.26. The number of aromatic nitrogens is 3. The van der Waals surface area contributed by atoms with Crippen LogP contribution in [0.3, 0.4) is 0 Å². The quantitative estimate of drug-likeness (QED) is 0.347. The number of aryl methyl sites for hydroxylation is 1. The topological polar surface area (TPSA) is 119 Å². The fraction of sp³-hybridized carbons (Fsp3) is 0.136. The standard InChI is InChI=1S/C22H18F3N5O4S/c1-14-12-20(29-34-14)30-35(31,32)18-8-6-17(7-9-18)27-19-10-11-26-21(28-19)33-13-15-2-4-16(5-3-15)22(23,24)25/h2-12H,13H2,1H3,(H,29,30)(H,26,27,28). The summed E-state index contributed by atoms with van der Waals surface area (Å²) in [6, 6.07) is 13.5. The van der Waals surface area contributed by atoms with E-state index in [9.17, 15) is 21.6 Å². The molecule has 4 aromatic rings. The minimum Gasteiger partial charge on any atom is -0.459 e. The molecule has 2 aromatic heterocycles. The molecule has 0 saturated carbocycles. The fourth-order valence-electron chi connectivity index (χ4n) is 2.89. The lowest BCUT2D eigenvalue weighted by Gasteiger charge is -2.10. The number of rotatable bonds is 8. The van der Waals surface area contributed by atoms with Gasteiger partial charge in [-0.1, -0.05) is 17.3 Å². The first-order valence-electron chi connectivity index (χ1n) is 10.0. The first-order valence-corrected chi connectivity index (χ1v) is 11.5. The molecule has 0 aliphatic carbocycles. The minimum atomic E-state index is -4.41. The summed E-state index contributed by atoms with van der Waals surface area (Å²) < 4.78 is 75.6. The molecule has 0 amide bonds. The van der Waals surface area contributed by atoms with E-state index >= 15 is 0 Å². The second-order valence-corrected chi connectivity index (χ2v) is 8.97. The molecule has 9 nitrogen and oxygen atoms in total. The Balaban J connectivity index is 1.37. The third-order valence-electron chi connectivity index (χ3n) is 4.59. The third-order valence-corrected chi connectivity index (χ3v) is 5.96. The summed E-state index contributed by atoms with van der Waals surface area (Å²) in [5.74, 6) is 0.915. The lowest BCUT2D eigenvalue weighted by molar-refractivity contribution is -0.137. The van der Waals surface area contributed by atoms with Gasteiger partial charge in [0, 0.05) is 18.0 Å². The van der Waals surface area contributed by atoms with Crippen LogP contribution in [0.4, 0.5) is 30.5 Å². The maximum Gasteiger partial charge on any atom is 0.416 e. The Hall–Kier alpha value is -4.13. The molecule has 2 aromatic carbocycles. The fourth-order valence-corrected chi connectivity index (χ4v) is 3.88. The summed E-state index contributed by atoms with van der Waals surface area (Å²) >= 11 is 0. The van der Waals surface area contributed by atoms with Crippen molar-refractivity contribution in [2.75, 3.05) is 10.0 Å². The van der Waals surface area contributed by atoms with E-state index < -0.39 is 21.8 Å². The number of nitrogens with zero attached hydrogens (tertiary/aromatic N) is 3. The van der Waals surface area contributed by atoms with Crippen LogP contribution in [-0.2, 0) is 22.8 Å². The molecule has 0 saturated heterocycles. The van der Waals surface area contributed by atoms with Crippen molar-refractivity contribution < 1.29 is 30.8 Å². The zero-order valence-corrected chi connectivity index (χ0v) is 18.9. The molecule has 2 N–H and O–H groups in total. The van der Waals surface area contributed by atoms with Crippen LogP contribution in [0.15, 0.2) is 76.3 Å². The zero-order valence-electron chi connectivity index (χ0n) is 18.1. The highest BCUT2D eigenvalue weighted by atomic mass is 32.2. The molecule has 13 heteroatoms. The smallest absolute Gasteiger partial charge is 0.416 e. The van der Waals surface area contributed by atoms with E-state index in [1.807, 2.05) is 0 Å². The molecule has 0 aliphatic rings. The van der Waals surface area contributed by atoms with E-state index in [0.29, 0.717) is 22.8 Å². The Morgan fingerprint density at radius 2 is 1.71 bits per heavy atom. The predicted molar refractivity (Wildman–Crippen MR) is 120 cm³/mol. The van der Waals surface area contributed by atoms with E-state index in [2.05, 4.69) is 25.2 Å². The van der Waals surface area contributed by atoms with Gasteiger partial charge in [-0.25, -0.2) is 13.4 Å². The van der Waals surface area contributed by atoms with Crippen molar-refractivity contribution in [1.82, 2.24) is 15.1 Å². The van der Waals surface area contributed by atoms with Crippen molar-refractivity contribution in [2.45, 2.75) is 24.6 Å². The molecule has 0 bridgehead atoms. The zero-order chi connectivity index (χ0) is 25.1. The molecule has 35 heavy (non-hydrogen) atoms. The molecule has 0 fully saturated rings. The van der Waals surface area contributed by atoms with Gasteiger partial charge in [-0.15, -0.1) is 0 Å². The minimum absolute atomic E-state index is 0.0150. The van der Waals surface area contributed by atoms with Gasteiger partial charge in [-0.05, 0) is 55.0 Å². The van der Waals surface area contributed by atoms with Crippen molar-refractivity contribution in [2.24, 2.45) is 0 Å². The Morgan fingerprint density at radius 1 is 1.00 bits per heavy atom. The Morgan fingerprint density at radius 3 is 2.34 bits per heavy atom. The monoisotopic (exact) mass is 505 g/mol. The summed E-state index contributed by atoms with van der Waals surface area (Å²) in [5.41, 5.74) is 0.325. The van der Waals surface area contributed by atoms with Crippen LogP contribution in [0, 0.1) is 6.92 Å². The highest BCUT2D eigenvalue weighted by Gasteiger charge is 2.29. The molecule has 2 heterocycles. The van der Waals surface area contributed by atoms with Crippen molar-refractivity contribution in [1.29, 1.82) is 0 Å². The van der Waals surface area contributed by atoms with Crippen LogP contribution in [0.1, 0.15) is 16.9 Å². The van der Waals surface area contributed by atoms with E-state index in [1.165, 1.54) is 36.5 Å². The van der Waals surface area contributed by atoms with Gasteiger partial charge in [0.2, 0.25) is 0 Å². The molecule has 182 valence electrons. The SMILES string of the molecule is Cc1cc(NS(=O)(=O)c2ccc(Nc3ccnc(OCc4ccc(C(F)(F)F)cc4)n3)cc2)no1. The van der Waals surface area contributed by atoms with Crippen LogP contribution in [0.2, 0.25) is 0 Å². The predicted octanol–water partition coefficient (Wildman–Crippen LogP) is 4.92. The summed E-state index contributed by atoms with van der Waals surface area (Å²) in [7, 11) is -3.85. The number of halogens is 3. The van der Waals surface area contributed by atoms with Gasteiger partial charge in [0.15, 0.2) is 5.82 Å². The second kappa shape index (κ2) is 9.62. The molecule has 4 rings (SSSR count). The summed E-state index contributed by atoms with van der Waals surface area (Å²) in [5, 5.41) is 6.61.